The molecule has 0 heterocycles. The van der Waals surface area contributed by atoms with Crippen LogP contribution in [0.4, 0.5) is 0 Å². The third-order valence-electron chi connectivity index (χ3n) is 2.19. The van der Waals surface area contributed by atoms with Gasteiger partial charge in [0.1, 0.15) is 5.41 Å². The van der Waals surface area contributed by atoms with Gasteiger partial charge in [-0.2, -0.15) is 0 Å². The van der Waals surface area contributed by atoms with Crippen LogP contribution in [-0.4, -0.2) is 29.9 Å². The molecular weight excluding hydrogens is 168 g/mol. The van der Waals surface area contributed by atoms with Gasteiger partial charge < -0.3 is 9.47 Å². The molecule has 0 aliphatic rings. The summed E-state index contributed by atoms with van der Waals surface area (Å²) in [6.07, 6.45) is 2.13. The molecule has 0 fully saturated rings. The zero-order valence-electron chi connectivity index (χ0n) is 9.23. The minimum Gasteiger partial charge on any atom is -0.358 e. The Balaban J connectivity index is 3.89. The molecule has 0 N–H and O–H groups in total. The lowest BCUT2D eigenvalue weighted by atomic mass is 9.90. The van der Waals surface area contributed by atoms with E-state index in [0.717, 1.165) is 23.1 Å². The molecule has 0 bridgehead atoms. The first-order valence-electron chi connectivity index (χ1n) is 4.43. The molecule has 0 unspecified atom stereocenters. The lowest BCUT2D eigenvalue weighted by molar-refractivity contribution is -0.149. The number of methoxy groups -OCH3 is 2. The Morgan fingerprint density at radius 3 is 1.67 bits per heavy atom. The molecule has 0 rings (SSSR count). The van der Waals surface area contributed by atoms with Gasteiger partial charge in [0.15, 0.2) is 0 Å². The van der Waals surface area contributed by atoms with Crippen LogP contribution in [0.15, 0.2) is 0 Å². The summed E-state index contributed by atoms with van der Waals surface area (Å²) in [5.74, 6) is 0. The maximum Gasteiger partial charge on any atom is 0.140 e. The summed E-state index contributed by atoms with van der Waals surface area (Å²) in [5.41, 5.74) is 0.0972. The molecule has 3 heteroatoms. The van der Waals surface area contributed by atoms with Gasteiger partial charge in [0.25, 0.3) is 0 Å². The second-order valence-corrected chi connectivity index (χ2v) is 6.13. The van der Waals surface area contributed by atoms with E-state index in [4.69, 9.17) is 9.47 Å². The van der Waals surface area contributed by atoms with E-state index < -0.39 is 0 Å². The van der Waals surface area contributed by atoms with Gasteiger partial charge >= 0.3 is 0 Å². The van der Waals surface area contributed by atoms with Crippen molar-refractivity contribution in [2.75, 3.05) is 14.2 Å². The van der Waals surface area contributed by atoms with Crippen molar-refractivity contribution in [1.29, 1.82) is 0 Å². The zero-order valence-corrected chi connectivity index (χ0v) is 11.2. The van der Waals surface area contributed by atoms with Crippen LogP contribution in [0.25, 0.3) is 0 Å². The van der Waals surface area contributed by atoms with E-state index in [2.05, 4.69) is 20.8 Å². The summed E-state index contributed by atoms with van der Waals surface area (Å²) in [4.78, 5) is 0. The Labute approximate surface area is 79.1 Å². The average Bonchev–Trinajstić information content (AvgIpc) is 1.99. The molecule has 0 aromatic heterocycles. The van der Waals surface area contributed by atoms with Gasteiger partial charge in [-0.25, -0.2) is 0 Å². The minimum atomic E-state index is -0.271. The third kappa shape index (κ3) is 4.90. The highest BCUT2D eigenvalue weighted by Crippen LogP contribution is 2.25. The van der Waals surface area contributed by atoms with Crippen molar-refractivity contribution in [2.45, 2.75) is 39.0 Å². The molecule has 0 spiro atoms. The van der Waals surface area contributed by atoms with Crippen LogP contribution < -0.4 is 0 Å². The summed E-state index contributed by atoms with van der Waals surface area (Å²) >= 11 is 0. The first-order valence-corrected chi connectivity index (χ1v) is 5.43. The van der Waals surface area contributed by atoms with Gasteiger partial charge in [-0.05, 0) is 18.3 Å². The van der Waals surface area contributed by atoms with E-state index in [0.29, 0.717) is 5.41 Å². The molecule has 2 nitrogen and oxygen atoms in total. The number of hydrogen-bond donors (Lipinski definition) is 0. The molecule has 12 heavy (non-hydrogen) atoms. The molecule has 0 saturated heterocycles. The van der Waals surface area contributed by atoms with Crippen LogP contribution in [-0.2, 0) is 9.47 Å². The van der Waals surface area contributed by atoms with E-state index in [9.17, 15) is 0 Å². The molecule has 0 aliphatic heterocycles. The topological polar surface area (TPSA) is 18.5 Å². The monoisotopic (exact) mass is 190 g/mol. The molecule has 0 aromatic carbocycles. The van der Waals surface area contributed by atoms with E-state index in [1.54, 1.807) is 14.2 Å². The minimum absolute atomic E-state index is 0.271. The van der Waals surface area contributed by atoms with Crippen molar-refractivity contribution in [1.82, 2.24) is 0 Å². The van der Waals surface area contributed by atoms with Gasteiger partial charge in [0, 0.05) is 14.2 Å². The summed E-state index contributed by atoms with van der Waals surface area (Å²) < 4.78 is 10.6. The van der Waals surface area contributed by atoms with E-state index in [-0.39, 0.29) is 5.41 Å². The maximum absolute atomic E-state index is 5.32. The Morgan fingerprint density at radius 1 is 1.00 bits per heavy atom. The van der Waals surface area contributed by atoms with Crippen LogP contribution in [0.3, 0.4) is 0 Å². The first kappa shape index (κ1) is 12.1. The predicted octanol–water partition coefficient (Wildman–Crippen LogP) is 1.12. The van der Waals surface area contributed by atoms with Crippen molar-refractivity contribution in [2.24, 2.45) is 5.41 Å². The van der Waals surface area contributed by atoms with Gasteiger partial charge in [-0.3, -0.25) is 0 Å². The van der Waals surface area contributed by atoms with E-state index >= 15 is 0 Å². The third-order valence-corrected chi connectivity index (χ3v) is 3.51. The van der Waals surface area contributed by atoms with Crippen molar-refractivity contribution in [3.05, 3.63) is 0 Å². The SMILES string of the molecule is COC([SiH3])(CCC(C)(C)C)OC. The standard InChI is InChI=1S/C9H22O2Si/c1-8(2,3)6-7-9(12,10-4)11-5/h6-7H2,1-5,12H3. The van der Waals surface area contributed by atoms with Gasteiger partial charge in [0.2, 0.25) is 0 Å². The lowest BCUT2D eigenvalue weighted by Crippen LogP contribution is -2.35. The second-order valence-electron chi connectivity index (χ2n) is 4.60. The first-order chi connectivity index (χ1) is 5.33. The van der Waals surface area contributed by atoms with Crippen molar-refractivity contribution < 1.29 is 9.47 Å². The lowest BCUT2D eigenvalue weighted by Gasteiger charge is -2.30. The Morgan fingerprint density at radius 2 is 1.42 bits per heavy atom. The molecule has 0 amide bonds. The van der Waals surface area contributed by atoms with Gasteiger partial charge in [0.05, 0.1) is 10.2 Å². The average molecular weight is 190 g/mol. The predicted molar refractivity (Wildman–Crippen MR) is 55.4 cm³/mol. The van der Waals surface area contributed by atoms with Gasteiger partial charge in [-0.15, -0.1) is 0 Å². The summed E-state index contributed by atoms with van der Waals surface area (Å²) in [6.45, 7) is 6.71. The molecule has 0 radical (unpaired) electrons. The van der Waals surface area contributed by atoms with Crippen LogP contribution in [0.5, 0.6) is 0 Å². The molecule has 0 atom stereocenters. The summed E-state index contributed by atoms with van der Waals surface area (Å²) in [7, 11) is 4.36. The quantitative estimate of drug-likeness (QED) is 0.489. The molecular formula is C9H22O2Si. The molecule has 74 valence electrons. The van der Waals surface area contributed by atoms with Gasteiger partial charge in [-0.1, -0.05) is 20.8 Å². The second kappa shape index (κ2) is 4.39. The highest BCUT2D eigenvalue weighted by Gasteiger charge is 2.24. The van der Waals surface area contributed by atoms with E-state index in [1.807, 2.05) is 0 Å². The maximum atomic E-state index is 5.32. The van der Waals surface area contributed by atoms with Crippen LogP contribution >= 0.6 is 0 Å². The van der Waals surface area contributed by atoms with Crippen LogP contribution in [0, 0.1) is 5.41 Å². The van der Waals surface area contributed by atoms with E-state index in [1.165, 1.54) is 0 Å². The van der Waals surface area contributed by atoms with Crippen molar-refractivity contribution in [3.63, 3.8) is 0 Å². The highest BCUT2D eigenvalue weighted by molar-refractivity contribution is 6.13. The van der Waals surface area contributed by atoms with Crippen LogP contribution in [0.1, 0.15) is 33.6 Å². The Bertz CT molecular complexity index is 125. The molecule has 0 aliphatic carbocycles. The number of rotatable bonds is 4. The fourth-order valence-corrected chi connectivity index (χ4v) is 1.14. The Kier molecular flexibility index (Phi) is 4.44. The number of ether oxygens (including phenoxy) is 2. The van der Waals surface area contributed by atoms with Crippen molar-refractivity contribution >= 4 is 10.2 Å². The Hall–Kier alpha value is 0.137. The normalized spacial score (nSPS) is 13.8. The fourth-order valence-electron chi connectivity index (χ4n) is 0.890. The summed E-state index contributed by atoms with van der Waals surface area (Å²) in [6, 6.07) is 0. The zero-order chi connectivity index (χ0) is 9.83. The fraction of sp³-hybridized carbons (Fsp3) is 1.00. The van der Waals surface area contributed by atoms with Crippen LogP contribution in [0.2, 0.25) is 0 Å². The number of hydrogen-bond acceptors (Lipinski definition) is 2. The highest BCUT2D eigenvalue weighted by atomic mass is 28.1. The largest absolute Gasteiger partial charge is 0.358 e. The van der Waals surface area contributed by atoms with Crippen molar-refractivity contribution in [3.8, 4) is 0 Å². The smallest absolute Gasteiger partial charge is 0.140 e. The summed E-state index contributed by atoms with van der Waals surface area (Å²) in [5, 5.41) is 0. The molecule has 0 saturated carbocycles. The molecule has 0 aromatic rings.